The summed E-state index contributed by atoms with van der Waals surface area (Å²) < 4.78 is 10.8. The van der Waals surface area contributed by atoms with Gasteiger partial charge in [-0.1, -0.05) is 17.3 Å². The summed E-state index contributed by atoms with van der Waals surface area (Å²) in [4.78, 5) is 14.1. The summed E-state index contributed by atoms with van der Waals surface area (Å²) >= 11 is 0. The number of aromatic nitrogens is 1. The number of aryl methyl sites for hydroxylation is 1. The largest absolute Gasteiger partial charge is 0.487 e. The number of rotatable bonds is 1. The molecule has 1 aromatic heterocycles. The maximum Gasteiger partial charge on any atom is 0.297 e. The highest BCUT2D eigenvalue weighted by atomic mass is 16.5. The van der Waals surface area contributed by atoms with Crippen LogP contribution < -0.4 is 9.64 Å². The van der Waals surface area contributed by atoms with Crippen LogP contribution in [0.5, 0.6) is 5.75 Å². The Morgan fingerprint density at radius 2 is 2.21 bits per heavy atom. The van der Waals surface area contributed by atoms with Crippen LogP contribution in [0.2, 0.25) is 0 Å². The van der Waals surface area contributed by atoms with Gasteiger partial charge >= 0.3 is 0 Å². The maximum atomic E-state index is 12.5. The normalized spacial score (nSPS) is 17.8. The summed E-state index contributed by atoms with van der Waals surface area (Å²) in [6.45, 7) is 4.22. The number of anilines is 1. The van der Waals surface area contributed by atoms with Crippen LogP contribution in [-0.4, -0.2) is 23.7 Å². The number of nitrogens with zero attached hydrogens (tertiary/aromatic N) is 2. The SMILES string of the molecule is Cc1cc(C(=O)N2C[C@@H](C)Oc3ccccc32)on1. The number of hydrogen-bond acceptors (Lipinski definition) is 4. The van der Waals surface area contributed by atoms with E-state index < -0.39 is 0 Å². The number of hydrogen-bond donors (Lipinski definition) is 0. The van der Waals surface area contributed by atoms with E-state index in [4.69, 9.17) is 9.26 Å². The molecule has 0 bridgehead atoms. The first-order valence-corrected chi connectivity index (χ1v) is 6.16. The number of benzene rings is 1. The van der Waals surface area contributed by atoms with E-state index in [-0.39, 0.29) is 17.8 Å². The number of para-hydroxylation sites is 2. The minimum Gasteiger partial charge on any atom is -0.487 e. The monoisotopic (exact) mass is 258 g/mol. The molecule has 2 heterocycles. The lowest BCUT2D eigenvalue weighted by Gasteiger charge is -2.32. The third-order valence-electron chi connectivity index (χ3n) is 3.01. The lowest BCUT2D eigenvalue weighted by molar-refractivity contribution is 0.0925. The zero-order chi connectivity index (χ0) is 13.4. The molecule has 98 valence electrons. The molecule has 1 aliphatic heterocycles. The van der Waals surface area contributed by atoms with E-state index in [1.807, 2.05) is 31.2 Å². The molecule has 0 N–H and O–H groups in total. The van der Waals surface area contributed by atoms with Gasteiger partial charge < -0.3 is 9.26 Å². The number of ether oxygens (including phenoxy) is 1. The molecule has 0 unspecified atom stereocenters. The topological polar surface area (TPSA) is 55.6 Å². The van der Waals surface area contributed by atoms with Crippen LogP contribution in [0.1, 0.15) is 23.2 Å². The molecule has 0 saturated heterocycles. The highest BCUT2D eigenvalue weighted by molar-refractivity contribution is 6.05. The van der Waals surface area contributed by atoms with E-state index in [2.05, 4.69) is 5.16 Å². The van der Waals surface area contributed by atoms with Gasteiger partial charge in [-0.2, -0.15) is 0 Å². The summed E-state index contributed by atoms with van der Waals surface area (Å²) in [6, 6.07) is 9.13. The van der Waals surface area contributed by atoms with Gasteiger partial charge in [0.15, 0.2) is 0 Å². The second kappa shape index (κ2) is 4.42. The molecule has 1 atom stereocenters. The standard InChI is InChI=1S/C14H14N2O3/c1-9-7-13(19-15-9)14(17)16-8-10(2)18-12-6-4-3-5-11(12)16/h3-7,10H,8H2,1-2H3/t10-/m1/s1. The van der Waals surface area contributed by atoms with Crippen molar-refractivity contribution in [1.29, 1.82) is 0 Å². The molecule has 0 spiro atoms. The number of fused-ring (bicyclic) bond motifs is 1. The molecule has 1 amide bonds. The van der Waals surface area contributed by atoms with E-state index in [1.165, 1.54) is 0 Å². The van der Waals surface area contributed by atoms with Gasteiger partial charge in [0.1, 0.15) is 11.9 Å². The first-order valence-electron chi connectivity index (χ1n) is 6.16. The van der Waals surface area contributed by atoms with Crippen LogP contribution in [0.25, 0.3) is 0 Å². The van der Waals surface area contributed by atoms with Gasteiger partial charge in [0.2, 0.25) is 5.76 Å². The van der Waals surface area contributed by atoms with Crippen molar-refractivity contribution in [1.82, 2.24) is 5.16 Å². The van der Waals surface area contributed by atoms with E-state index in [0.717, 1.165) is 5.69 Å². The van der Waals surface area contributed by atoms with Crippen molar-refractivity contribution in [2.75, 3.05) is 11.4 Å². The third-order valence-corrected chi connectivity index (χ3v) is 3.01. The Morgan fingerprint density at radius 3 is 2.95 bits per heavy atom. The lowest BCUT2D eigenvalue weighted by Crippen LogP contribution is -2.42. The third kappa shape index (κ3) is 2.07. The summed E-state index contributed by atoms with van der Waals surface area (Å²) in [5.41, 5.74) is 1.46. The van der Waals surface area contributed by atoms with Crippen molar-refractivity contribution >= 4 is 11.6 Å². The highest BCUT2D eigenvalue weighted by Gasteiger charge is 2.29. The van der Waals surface area contributed by atoms with Crippen LogP contribution in [0.15, 0.2) is 34.9 Å². The average molecular weight is 258 g/mol. The molecule has 0 aliphatic carbocycles. The Hall–Kier alpha value is -2.30. The van der Waals surface area contributed by atoms with Gasteiger partial charge in [-0.25, -0.2) is 0 Å². The molecular formula is C14H14N2O3. The van der Waals surface area contributed by atoms with E-state index >= 15 is 0 Å². The summed E-state index contributed by atoms with van der Waals surface area (Å²) in [5.74, 6) is 0.774. The van der Waals surface area contributed by atoms with Gasteiger partial charge in [-0.05, 0) is 26.0 Å². The molecule has 0 radical (unpaired) electrons. The highest BCUT2D eigenvalue weighted by Crippen LogP contribution is 2.33. The Bertz CT molecular complexity index is 621. The lowest BCUT2D eigenvalue weighted by atomic mass is 10.2. The zero-order valence-electron chi connectivity index (χ0n) is 10.8. The van der Waals surface area contributed by atoms with Crippen LogP contribution in [0.3, 0.4) is 0 Å². The van der Waals surface area contributed by atoms with E-state index in [9.17, 15) is 4.79 Å². The number of amides is 1. The van der Waals surface area contributed by atoms with Crippen LogP contribution in [0.4, 0.5) is 5.69 Å². The van der Waals surface area contributed by atoms with Crippen molar-refractivity contribution in [3.05, 3.63) is 41.8 Å². The van der Waals surface area contributed by atoms with Crippen molar-refractivity contribution in [2.45, 2.75) is 20.0 Å². The van der Waals surface area contributed by atoms with Crippen molar-refractivity contribution < 1.29 is 14.1 Å². The van der Waals surface area contributed by atoms with Gasteiger partial charge in [0.05, 0.1) is 17.9 Å². The van der Waals surface area contributed by atoms with Crippen LogP contribution in [-0.2, 0) is 0 Å². The van der Waals surface area contributed by atoms with Gasteiger partial charge in [0.25, 0.3) is 5.91 Å². The molecule has 1 aliphatic rings. The molecular weight excluding hydrogens is 244 g/mol. The Morgan fingerprint density at radius 1 is 1.42 bits per heavy atom. The molecule has 5 heteroatoms. The number of carbonyl (C=O) groups is 1. The van der Waals surface area contributed by atoms with Crippen LogP contribution in [0, 0.1) is 6.92 Å². The number of carbonyl (C=O) groups excluding carboxylic acids is 1. The molecule has 5 nitrogen and oxygen atoms in total. The fraction of sp³-hybridized carbons (Fsp3) is 0.286. The fourth-order valence-corrected chi connectivity index (χ4v) is 2.18. The Labute approximate surface area is 110 Å². The van der Waals surface area contributed by atoms with Gasteiger partial charge in [-0.3, -0.25) is 9.69 Å². The molecule has 3 rings (SSSR count). The quantitative estimate of drug-likeness (QED) is 0.788. The van der Waals surface area contributed by atoms with E-state index in [1.54, 1.807) is 17.9 Å². The minimum atomic E-state index is -0.191. The predicted molar refractivity (Wildman–Crippen MR) is 69.4 cm³/mol. The van der Waals surface area contributed by atoms with E-state index in [0.29, 0.717) is 18.0 Å². The second-order valence-corrected chi connectivity index (χ2v) is 4.64. The molecule has 19 heavy (non-hydrogen) atoms. The summed E-state index contributed by atoms with van der Waals surface area (Å²) in [6.07, 6.45) is -0.0529. The Balaban J connectivity index is 1.99. The summed E-state index contributed by atoms with van der Waals surface area (Å²) in [5, 5.41) is 3.75. The Kier molecular flexibility index (Phi) is 2.74. The van der Waals surface area contributed by atoms with Gasteiger partial charge in [0, 0.05) is 6.07 Å². The van der Waals surface area contributed by atoms with Crippen molar-refractivity contribution in [3.8, 4) is 5.75 Å². The minimum absolute atomic E-state index is 0.0529. The second-order valence-electron chi connectivity index (χ2n) is 4.64. The van der Waals surface area contributed by atoms with Crippen LogP contribution >= 0.6 is 0 Å². The van der Waals surface area contributed by atoms with Crippen molar-refractivity contribution in [3.63, 3.8) is 0 Å². The fourth-order valence-electron chi connectivity index (χ4n) is 2.18. The first kappa shape index (κ1) is 11.8. The molecule has 2 aromatic rings. The smallest absolute Gasteiger partial charge is 0.297 e. The average Bonchev–Trinajstić information content (AvgIpc) is 2.83. The predicted octanol–water partition coefficient (Wildman–Crippen LogP) is 2.41. The van der Waals surface area contributed by atoms with Crippen molar-refractivity contribution in [2.24, 2.45) is 0 Å². The summed E-state index contributed by atoms with van der Waals surface area (Å²) in [7, 11) is 0. The maximum absolute atomic E-state index is 12.5. The molecule has 0 fully saturated rings. The molecule has 0 saturated carbocycles. The zero-order valence-corrected chi connectivity index (χ0v) is 10.8. The van der Waals surface area contributed by atoms with Gasteiger partial charge in [-0.15, -0.1) is 0 Å². The first-order chi connectivity index (χ1) is 9.15. The molecule has 1 aromatic carbocycles.